The van der Waals surface area contributed by atoms with Crippen molar-refractivity contribution in [1.29, 1.82) is 0 Å². The molecule has 1 aromatic heterocycles. The van der Waals surface area contributed by atoms with Crippen molar-refractivity contribution in [3.05, 3.63) is 71.7 Å². The number of carbonyl (C=O) groups excluding carboxylic acids is 1. The molecule has 2 aromatic carbocycles. The number of H-pyrrole nitrogens is 1. The number of benzene rings is 2. The summed E-state index contributed by atoms with van der Waals surface area (Å²) in [6.45, 7) is 1.08. The first-order valence-electron chi connectivity index (χ1n) is 9.82. The number of aromatic nitrogens is 2. The number of nitrogens with one attached hydrogen (secondary N) is 2. The number of carbonyl (C=O) groups is 1. The Morgan fingerprint density at radius 3 is 2.59 bits per heavy atom. The molecule has 0 unspecified atom stereocenters. The fourth-order valence-corrected chi connectivity index (χ4v) is 3.20. The van der Waals surface area contributed by atoms with E-state index in [1.54, 1.807) is 13.1 Å². The summed E-state index contributed by atoms with van der Waals surface area (Å²) < 4.78 is 10.1. The van der Waals surface area contributed by atoms with Gasteiger partial charge in [-0.1, -0.05) is 36.4 Å². The zero-order chi connectivity index (χ0) is 22.2. The molecular formula is C23H28IN5O3. The van der Waals surface area contributed by atoms with Crippen LogP contribution in [0.25, 0.3) is 11.3 Å². The summed E-state index contributed by atoms with van der Waals surface area (Å²) in [5, 5.41) is 3.32. The molecule has 32 heavy (non-hydrogen) atoms. The second-order valence-electron chi connectivity index (χ2n) is 6.89. The minimum absolute atomic E-state index is 0. The lowest BCUT2D eigenvalue weighted by atomic mass is 10.1. The molecule has 0 saturated carbocycles. The summed E-state index contributed by atoms with van der Waals surface area (Å²) in [5.74, 6) is 1.60. The second-order valence-corrected chi connectivity index (χ2v) is 6.89. The average molecular weight is 549 g/mol. The molecule has 3 aromatic rings. The van der Waals surface area contributed by atoms with Gasteiger partial charge in [0.15, 0.2) is 5.96 Å². The van der Waals surface area contributed by atoms with Gasteiger partial charge in [0.2, 0.25) is 0 Å². The van der Waals surface area contributed by atoms with Crippen LogP contribution in [0, 0.1) is 0 Å². The van der Waals surface area contributed by atoms with E-state index in [0.29, 0.717) is 30.4 Å². The summed E-state index contributed by atoms with van der Waals surface area (Å²) in [4.78, 5) is 26.0. The Hall–Kier alpha value is -3.08. The highest BCUT2D eigenvalue weighted by Crippen LogP contribution is 2.21. The first-order chi connectivity index (χ1) is 15.0. The highest BCUT2D eigenvalue weighted by atomic mass is 127. The number of esters is 1. The first kappa shape index (κ1) is 25.2. The summed E-state index contributed by atoms with van der Waals surface area (Å²) in [7, 11) is 6.55. The smallest absolute Gasteiger partial charge is 0.341 e. The Morgan fingerprint density at radius 1 is 1.19 bits per heavy atom. The number of guanidine groups is 1. The van der Waals surface area contributed by atoms with Crippen LogP contribution in [0.2, 0.25) is 0 Å². The van der Waals surface area contributed by atoms with Crippen molar-refractivity contribution in [2.75, 3.05) is 28.3 Å². The lowest BCUT2D eigenvalue weighted by Gasteiger charge is -2.21. The molecular weight excluding hydrogens is 521 g/mol. The van der Waals surface area contributed by atoms with Gasteiger partial charge in [0.05, 0.1) is 32.7 Å². The van der Waals surface area contributed by atoms with Gasteiger partial charge in [-0.05, 0) is 23.3 Å². The Kier molecular flexibility index (Phi) is 9.51. The number of hydrogen-bond acceptors (Lipinski definition) is 5. The van der Waals surface area contributed by atoms with Gasteiger partial charge in [0, 0.05) is 20.6 Å². The van der Waals surface area contributed by atoms with E-state index in [1.807, 2.05) is 60.6 Å². The molecule has 0 spiro atoms. The van der Waals surface area contributed by atoms with Crippen molar-refractivity contribution in [2.45, 2.75) is 13.1 Å². The van der Waals surface area contributed by atoms with E-state index < -0.39 is 5.97 Å². The fourth-order valence-electron chi connectivity index (χ4n) is 3.20. The maximum absolute atomic E-state index is 11.8. The number of aromatic amines is 1. The van der Waals surface area contributed by atoms with Crippen LogP contribution >= 0.6 is 24.0 Å². The van der Waals surface area contributed by atoms with Crippen molar-refractivity contribution >= 4 is 35.9 Å². The van der Waals surface area contributed by atoms with Gasteiger partial charge in [-0.15, -0.1) is 24.0 Å². The number of rotatable bonds is 7. The van der Waals surface area contributed by atoms with E-state index >= 15 is 0 Å². The lowest BCUT2D eigenvalue weighted by molar-refractivity contribution is 0.0597. The number of ether oxygens (including phenoxy) is 2. The largest absolute Gasteiger partial charge is 0.496 e. The molecule has 9 heteroatoms. The van der Waals surface area contributed by atoms with E-state index in [1.165, 1.54) is 14.2 Å². The van der Waals surface area contributed by atoms with Crippen LogP contribution in [0.5, 0.6) is 5.75 Å². The summed E-state index contributed by atoms with van der Waals surface area (Å²) in [6, 6.07) is 15.4. The third-order valence-electron chi connectivity index (χ3n) is 4.80. The fraction of sp³-hybridized carbons (Fsp3) is 0.261. The number of hydrogen-bond donors (Lipinski definition) is 2. The summed E-state index contributed by atoms with van der Waals surface area (Å²) in [5.41, 5.74) is 3.41. The number of nitrogens with zero attached hydrogens (tertiary/aromatic N) is 3. The van der Waals surface area contributed by atoms with E-state index in [9.17, 15) is 4.79 Å². The topological polar surface area (TPSA) is 91.8 Å². The van der Waals surface area contributed by atoms with E-state index in [0.717, 1.165) is 22.6 Å². The van der Waals surface area contributed by atoms with Gasteiger partial charge >= 0.3 is 5.97 Å². The Balaban J connectivity index is 0.00000363. The van der Waals surface area contributed by atoms with Gasteiger partial charge in [0.1, 0.15) is 17.1 Å². The van der Waals surface area contributed by atoms with Crippen molar-refractivity contribution in [3.8, 4) is 17.0 Å². The maximum Gasteiger partial charge on any atom is 0.341 e. The number of methoxy groups -OCH3 is 2. The van der Waals surface area contributed by atoms with E-state index in [2.05, 4.69) is 20.3 Å². The van der Waals surface area contributed by atoms with Gasteiger partial charge in [-0.3, -0.25) is 4.99 Å². The maximum atomic E-state index is 11.8. The Morgan fingerprint density at radius 2 is 1.94 bits per heavy atom. The summed E-state index contributed by atoms with van der Waals surface area (Å²) >= 11 is 0. The molecule has 0 saturated heterocycles. The number of aliphatic imine (C=N–C) groups is 1. The molecule has 0 atom stereocenters. The first-order valence-corrected chi connectivity index (χ1v) is 9.82. The van der Waals surface area contributed by atoms with Crippen LogP contribution in [0.3, 0.4) is 0 Å². The predicted molar refractivity (Wildman–Crippen MR) is 135 cm³/mol. The standard InChI is InChI=1S/C23H27N5O3.HI/c1-24-23(26-13-16-10-11-18(22(29)31-4)20(12-16)30-3)28(2)15-21-25-14-19(27-21)17-8-6-5-7-9-17;/h5-12,14H,13,15H2,1-4H3,(H,24,26)(H,25,27);1H. The Labute approximate surface area is 205 Å². The third-order valence-corrected chi connectivity index (χ3v) is 4.80. The molecule has 0 radical (unpaired) electrons. The predicted octanol–water partition coefficient (Wildman–Crippen LogP) is 3.70. The van der Waals surface area contributed by atoms with Crippen LogP contribution in [0.1, 0.15) is 21.7 Å². The summed E-state index contributed by atoms with van der Waals surface area (Å²) in [6.07, 6.45) is 1.84. The zero-order valence-corrected chi connectivity index (χ0v) is 20.9. The molecule has 0 fully saturated rings. The molecule has 0 aliphatic rings. The molecule has 0 aliphatic heterocycles. The monoisotopic (exact) mass is 549 g/mol. The minimum atomic E-state index is -0.430. The molecule has 1 heterocycles. The van der Waals surface area contributed by atoms with E-state index in [4.69, 9.17) is 9.47 Å². The molecule has 8 nitrogen and oxygen atoms in total. The molecule has 3 rings (SSSR count). The van der Waals surface area contributed by atoms with Gasteiger partial charge in [0.25, 0.3) is 0 Å². The van der Waals surface area contributed by atoms with E-state index in [-0.39, 0.29) is 24.0 Å². The number of halogens is 1. The minimum Gasteiger partial charge on any atom is -0.496 e. The molecule has 2 N–H and O–H groups in total. The molecule has 170 valence electrons. The van der Waals surface area contributed by atoms with Gasteiger partial charge in [-0.2, -0.15) is 0 Å². The third kappa shape index (κ3) is 6.22. The highest BCUT2D eigenvalue weighted by molar-refractivity contribution is 14.0. The lowest BCUT2D eigenvalue weighted by Crippen LogP contribution is -2.38. The molecule has 0 aliphatic carbocycles. The van der Waals surface area contributed by atoms with Crippen LogP contribution in [-0.2, 0) is 17.8 Å². The zero-order valence-electron chi connectivity index (χ0n) is 18.6. The van der Waals surface area contributed by atoms with Gasteiger partial charge in [-0.25, -0.2) is 9.78 Å². The highest BCUT2D eigenvalue weighted by Gasteiger charge is 2.14. The molecule has 0 bridgehead atoms. The molecule has 0 amide bonds. The van der Waals surface area contributed by atoms with Crippen molar-refractivity contribution in [1.82, 2.24) is 20.2 Å². The number of imidazole rings is 1. The van der Waals surface area contributed by atoms with Crippen molar-refractivity contribution in [3.63, 3.8) is 0 Å². The van der Waals surface area contributed by atoms with Crippen molar-refractivity contribution in [2.24, 2.45) is 4.99 Å². The SMILES string of the molecule is CN=C(NCc1ccc(C(=O)OC)c(OC)c1)N(C)Cc1ncc(-c2ccccc2)[nH]1.I. The van der Waals surface area contributed by atoms with Gasteiger partial charge < -0.3 is 24.7 Å². The average Bonchev–Trinajstić information content (AvgIpc) is 3.27. The van der Waals surface area contributed by atoms with Crippen LogP contribution < -0.4 is 10.1 Å². The van der Waals surface area contributed by atoms with Crippen LogP contribution in [0.4, 0.5) is 0 Å². The van der Waals surface area contributed by atoms with Crippen LogP contribution in [0.15, 0.2) is 59.7 Å². The van der Waals surface area contributed by atoms with Crippen LogP contribution in [-0.4, -0.2) is 55.1 Å². The normalized spacial score (nSPS) is 10.8. The Bertz CT molecular complexity index is 1050. The second kappa shape index (κ2) is 12.1. The van der Waals surface area contributed by atoms with Crippen molar-refractivity contribution < 1.29 is 14.3 Å². The quantitative estimate of drug-likeness (QED) is 0.202.